The molecular weight excluding hydrogens is 244 g/mol. The van der Waals surface area contributed by atoms with Crippen LogP contribution in [0.5, 0.6) is 0 Å². The van der Waals surface area contributed by atoms with Gasteiger partial charge < -0.3 is 20.6 Å². The van der Waals surface area contributed by atoms with Crippen molar-refractivity contribution in [1.82, 2.24) is 4.98 Å². The average Bonchev–Trinajstić information content (AvgIpc) is 2.48. The number of nitrogens with two attached hydrogens (primary N) is 1. The van der Waals surface area contributed by atoms with E-state index >= 15 is 0 Å². The van der Waals surface area contributed by atoms with Crippen molar-refractivity contribution in [3.63, 3.8) is 0 Å². The first-order valence-electron chi connectivity index (χ1n) is 6.55. The van der Waals surface area contributed by atoms with Gasteiger partial charge in [-0.2, -0.15) is 0 Å². The highest BCUT2D eigenvalue weighted by Gasteiger charge is 2.19. The zero-order valence-electron chi connectivity index (χ0n) is 11.1. The van der Waals surface area contributed by atoms with Crippen molar-refractivity contribution in [3.8, 4) is 0 Å². The normalized spacial score (nSPS) is 17.7. The summed E-state index contributed by atoms with van der Waals surface area (Å²) in [6.45, 7) is 4.70. The highest BCUT2D eigenvalue weighted by atomic mass is 16.5. The molecule has 1 aromatic rings. The molecule has 0 bridgehead atoms. The number of pyridine rings is 1. The minimum atomic E-state index is 0.0334. The van der Waals surface area contributed by atoms with E-state index in [1.165, 1.54) is 0 Å². The zero-order chi connectivity index (χ0) is 13.7. The largest absolute Gasteiger partial charge is 0.409 e. The molecule has 0 aliphatic carbocycles. The number of nitrogens with zero attached hydrogens (tertiary/aromatic N) is 3. The molecule has 0 saturated carbocycles. The van der Waals surface area contributed by atoms with Crippen molar-refractivity contribution in [2.24, 2.45) is 10.9 Å². The molecule has 1 aromatic heterocycles. The molecule has 0 atom stereocenters. The van der Waals surface area contributed by atoms with Crippen molar-refractivity contribution in [2.45, 2.75) is 25.9 Å². The zero-order valence-corrected chi connectivity index (χ0v) is 11.1. The smallest absolute Gasteiger partial charge is 0.188 e. The van der Waals surface area contributed by atoms with Gasteiger partial charge in [0.1, 0.15) is 5.69 Å². The molecule has 2 rings (SSSR count). The van der Waals surface area contributed by atoms with Crippen molar-refractivity contribution in [1.29, 1.82) is 0 Å². The van der Waals surface area contributed by atoms with Gasteiger partial charge in [0.15, 0.2) is 5.84 Å². The van der Waals surface area contributed by atoms with Crippen molar-refractivity contribution in [2.75, 3.05) is 24.6 Å². The Labute approximate surface area is 112 Å². The third-order valence-corrected chi connectivity index (χ3v) is 3.32. The lowest BCUT2D eigenvalue weighted by molar-refractivity contribution is 0.0459. The Morgan fingerprint density at radius 2 is 2.32 bits per heavy atom. The maximum atomic E-state index is 8.68. The van der Waals surface area contributed by atoms with E-state index in [-0.39, 0.29) is 5.84 Å². The summed E-state index contributed by atoms with van der Waals surface area (Å²) in [5.41, 5.74) is 7.09. The molecule has 104 valence electrons. The highest BCUT2D eigenvalue weighted by molar-refractivity contribution is 5.95. The number of aromatic nitrogens is 1. The fraction of sp³-hybridized carbons (Fsp3) is 0.538. The molecule has 1 fully saturated rings. The molecule has 6 nitrogen and oxygen atoms in total. The third-order valence-electron chi connectivity index (χ3n) is 3.32. The Morgan fingerprint density at radius 3 is 2.95 bits per heavy atom. The number of oxime groups is 1. The number of piperidine rings is 1. The molecule has 0 radical (unpaired) electrons. The summed E-state index contributed by atoms with van der Waals surface area (Å²) in [7, 11) is 0. The Morgan fingerprint density at radius 1 is 1.58 bits per heavy atom. The second-order valence-corrected chi connectivity index (χ2v) is 4.53. The first-order valence-corrected chi connectivity index (χ1v) is 6.55. The second kappa shape index (κ2) is 6.38. The van der Waals surface area contributed by atoms with Crippen molar-refractivity contribution < 1.29 is 9.94 Å². The fourth-order valence-electron chi connectivity index (χ4n) is 2.32. The van der Waals surface area contributed by atoms with E-state index in [0.29, 0.717) is 11.8 Å². The van der Waals surface area contributed by atoms with E-state index in [0.717, 1.165) is 38.2 Å². The second-order valence-electron chi connectivity index (χ2n) is 4.53. The van der Waals surface area contributed by atoms with Crippen LogP contribution in [0.2, 0.25) is 0 Å². The Balaban J connectivity index is 2.03. The molecule has 0 amide bonds. The predicted molar refractivity (Wildman–Crippen MR) is 73.6 cm³/mol. The van der Waals surface area contributed by atoms with Gasteiger partial charge in [0.2, 0.25) is 0 Å². The molecule has 0 spiro atoms. The number of hydrogen-bond acceptors (Lipinski definition) is 5. The van der Waals surface area contributed by atoms with Gasteiger partial charge in [-0.25, -0.2) is 0 Å². The molecule has 1 aliphatic heterocycles. The predicted octanol–water partition coefficient (Wildman–Crippen LogP) is 1.18. The van der Waals surface area contributed by atoms with Crippen LogP contribution in [-0.4, -0.2) is 41.8 Å². The summed E-state index contributed by atoms with van der Waals surface area (Å²) in [4.78, 5) is 6.35. The van der Waals surface area contributed by atoms with E-state index in [4.69, 9.17) is 15.7 Å². The Hall–Kier alpha value is -1.82. The molecule has 1 aliphatic rings. The van der Waals surface area contributed by atoms with Crippen LogP contribution in [-0.2, 0) is 4.74 Å². The first kappa shape index (κ1) is 13.6. The fourth-order valence-corrected chi connectivity index (χ4v) is 2.32. The lowest BCUT2D eigenvalue weighted by atomic mass is 10.1. The maximum Gasteiger partial charge on any atom is 0.188 e. The van der Waals surface area contributed by atoms with E-state index in [2.05, 4.69) is 15.0 Å². The first-order chi connectivity index (χ1) is 9.24. The van der Waals surface area contributed by atoms with Gasteiger partial charge in [0.25, 0.3) is 0 Å². The Bertz CT molecular complexity index is 442. The van der Waals surface area contributed by atoms with Crippen LogP contribution < -0.4 is 10.6 Å². The number of amidine groups is 1. The highest BCUT2D eigenvalue weighted by Crippen LogP contribution is 2.21. The molecule has 0 aromatic carbocycles. The van der Waals surface area contributed by atoms with Gasteiger partial charge >= 0.3 is 0 Å². The van der Waals surface area contributed by atoms with Gasteiger partial charge in [0, 0.05) is 31.6 Å². The van der Waals surface area contributed by atoms with E-state index in [1.54, 1.807) is 6.20 Å². The molecule has 1 saturated heterocycles. The van der Waals surface area contributed by atoms with Crippen molar-refractivity contribution in [3.05, 3.63) is 24.0 Å². The van der Waals surface area contributed by atoms with Gasteiger partial charge in [-0.15, -0.1) is 0 Å². The van der Waals surface area contributed by atoms with Crippen LogP contribution >= 0.6 is 0 Å². The minimum Gasteiger partial charge on any atom is -0.409 e. The topological polar surface area (TPSA) is 84.0 Å². The molecular formula is C13H20N4O2. The number of ether oxygens (including phenoxy) is 1. The third kappa shape index (κ3) is 3.35. The van der Waals surface area contributed by atoms with Crippen LogP contribution in [0.3, 0.4) is 0 Å². The summed E-state index contributed by atoms with van der Waals surface area (Å²) in [6, 6.07) is 3.78. The summed E-state index contributed by atoms with van der Waals surface area (Å²) in [5.74, 6) is 0.0334. The van der Waals surface area contributed by atoms with E-state index in [1.807, 2.05) is 19.1 Å². The van der Waals surface area contributed by atoms with Crippen LogP contribution in [0.25, 0.3) is 0 Å². The monoisotopic (exact) mass is 264 g/mol. The SMILES string of the molecule is CCOC1CCN(c2ccnc(C(N)=NO)c2)CC1. The lowest BCUT2D eigenvalue weighted by Gasteiger charge is -2.33. The summed E-state index contributed by atoms with van der Waals surface area (Å²) < 4.78 is 5.64. The standard InChI is InChI=1S/C13H20N4O2/c1-2-19-11-4-7-17(8-5-11)10-3-6-15-12(9-10)13(14)16-18/h3,6,9,11,18H,2,4-5,7-8H2,1H3,(H2,14,16). The number of hydrogen-bond donors (Lipinski definition) is 2. The van der Waals surface area contributed by atoms with E-state index < -0.39 is 0 Å². The summed E-state index contributed by atoms with van der Waals surface area (Å²) >= 11 is 0. The van der Waals surface area contributed by atoms with Crippen LogP contribution in [0, 0.1) is 0 Å². The van der Waals surface area contributed by atoms with Crippen LogP contribution in [0.15, 0.2) is 23.5 Å². The summed E-state index contributed by atoms with van der Waals surface area (Å²) in [6.07, 6.45) is 4.09. The minimum absolute atomic E-state index is 0.0334. The van der Waals surface area contributed by atoms with Gasteiger partial charge in [0.05, 0.1) is 6.10 Å². The Kier molecular flexibility index (Phi) is 4.57. The molecule has 0 unspecified atom stereocenters. The molecule has 6 heteroatoms. The maximum absolute atomic E-state index is 8.68. The number of rotatable bonds is 4. The lowest BCUT2D eigenvalue weighted by Crippen LogP contribution is -2.37. The van der Waals surface area contributed by atoms with Gasteiger partial charge in [-0.05, 0) is 31.9 Å². The van der Waals surface area contributed by atoms with Crippen LogP contribution in [0.1, 0.15) is 25.5 Å². The van der Waals surface area contributed by atoms with Crippen molar-refractivity contribution >= 4 is 11.5 Å². The van der Waals surface area contributed by atoms with Gasteiger partial charge in [-0.1, -0.05) is 5.16 Å². The van der Waals surface area contributed by atoms with Gasteiger partial charge in [-0.3, -0.25) is 4.98 Å². The van der Waals surface area contributed by atoms with Crippen LogP contribution in [0.4, 0.5) is 5.69 Å². The molecule has 2 heterocycles. The quantitative estimate of drug-likeness (QED) is 0.369. The molecule has 19 heavy (non-hydrogen) atoms. The number of anilines is 1. The average molecular weight is 264 g/mol. The summed E-state index contributed by atoms with van der Waals surface area (Å²) in [5, 5.41) is 11.7. The molecule has 3 N–H and O–H groups in total. The van der Waals surface area contributed by atoms with E-state index in [9.17, 15) is 0 Å².